The molecule has 1 unspecified atom stereocenters. The zero-order valence-corrected chi connectivity index (χ0v) is 9.36. The lowest BCUT2D eigenvalue weighted by Crippen LogP contribution is -2.29. The van der Waals surface area contributed by atoms with Gasteiger partial charge in [0.05, 0.1) is 12.3 Å². The summed E-state index contributed by atoms with van der Waals surface area (Å²) in [5, 5.41) is 3.51. The molecule has 3 rings (SSSR count). The number of fused-ring (bicyclic) bond motifs is 1. The van der Waals surface area contributed by atoms with Crippen LogP contribution in [0.4, 0.5) is 0 Å². The van der Waals surface area contributed by atoms with Crippen molar-refractivity contribution in [3.63, 3.8) is 0 Å². The second-order valence-corrected chi connectivity index (χ2v) is 4.36. The van der Waals surface area contributed by atoms with Crippen LogP contribution >= 0.6 is 0 Å². The van der Waals surface area contributed by atoms with E-state index in [2.05, 4.69) is 42.6 Å². The molecule has 16 heavy (non-hydrogen) atoms. The molecule has 1 aromatic heterocycles. The third kappa shape index (κ3) is 1.55. The van der Waals surface area contributed by atoms with Gasteiger partial charge in [0.2, 0.25) is 0 Å². The summed E-state index contributed by atoms with van der Waals surface area (Å²) in [4.78, 5) is 0. The average Bonchev–Trinajstić information content (AvgIpc) is 2.76. The summed E-state index contributed by atoms with van der Waals surface area (Å²) in [6.07, 6.45) is 2.86. The van der Waals surface area contributed by atoms with Crippen molar-refractivity contribution in [1.82, 2.24) is 5.32 Å². The zero-order valence-electron chi connectivity index (χ0n) is 9.36. The molecule has 0 saturated carbocycles. The Hall–Kier alpha value is -1.54. The van der Waals surface area contributed by atoms with E-state index in [1.54, 1.807) is 6.26 Å². The van der Waals surface area contributed by atoms with Crippen molar-refractivity contribution in [3.05, 3.63) is 59.0 Å². The van der Waals surface area contributed by atoms with Crippen molar-refractivity contribution >= 4 is 0 Å². The van der Waals surface area contributed by atoms with Gasteiger partial charge in [-0.15, -0.1) is 0 Å². The second kappa shape index (κ2) is 3.80. The number of aryl methyl sites for hydroxylation is 1. The number of hydrogen-bond acceptors (Lipinski definition) is 2. The molecule has 2 heteroatoms. The molecule has 0 radical (unpaired) electrons. The molecule has 0 aliphatic carbocycles. The Morgan fingerprint density at radius 3 is 3.12 bits per heavy atom. The number of nitrogens with one attached hydrogen (secondary N) is 1. The standard InChI is InChI=1S/C14H15NO/c1-10-3-2-4-12(9-10)13-14-11(5-7-15-13)6-8-16-14/h2-4,6,8-9,13,15H,5,7H2,1H3. The van der Waals surface area contributed by atoms with Crippen molar-refractivity contribution in [2.45, 2.75) is 19.4 Å². The summed E-state index contributed by atoms with van der Waals surface area (Å²) < 4.78 is 5.60. The number of benzene rings is 1. The van der Waals surface area contributed by atoms with E-state index in [-0.39, 0.29) is 6.04 Å². The number of furan rings is 1. The summed E-state index contributed by atoms with van der Waals surface area (Å²) >= 11 is 0. The third-order valence-electron chi connectivity index (χ3n) is 3.16. The first-order valence-electron chi connectivity index (χ1n) is 5.71. The van der Waals surface area contributed by atoms with Gasteiger partial charge in [-0.1, -0.05) is 29.8 Å². The van der Waals surface area contributed by atoms with Crippen LogP contribution in [0.15, 0.2) is 41.0 Å². The fraction of sp³-hybridized carbons (Fsp3) is 0.286. The zero-order chi connectivity index (χ0) is 11.0. The largest absolute Gasteiger partial charge is 0.467 e. The first-order chi connectivity index (χ1) is 7.84. The summed E-state index contributed by atoms with van der Waals surface area (Å²) in [6, 6.07) is 10.9. The maximum atomic E-state index is 5.60. The van der Waals surface area contributed by atoms with Gasteiger partial charge < -0.3 is 9.73 Å². The van der Waals surface area contributed by atoms with Crippen molar-refractivity contribution in [1.29, 1.82) is 0 Å². The summed E-state index contributed by atoms with van der Waals surface area (Å²) in [5.41, 5.74) is 3.92. The summed E-state index contributed by atoms with van der Waals surface area (Å²) in [5.74, 6) is 1.08. The fourth-order valence-corrected chi connectivity index (χ4v) is 2.37. The van der Waals surface area contributed by atoms with Crippen molar-refractivity contribution in [2.75, 3.05) is 6.54 Å². The van der Waals surface area contributed by atoms with Gasteiger partial charge in [-0.25, -0.2) is 0 Å². The van der Waals surface area contributed by atoms with E-state index in [4.69, 9.17) is 4.42 Å². The molecule has 1 aromatic carbocycles. The van der Waals surface area contributed by atoms with Crippen LogP contribution in [-0.2, 0) is 6.42 Å². The topological polar surface area (TPSA) is 25.2 Å². The van der Waals surface area contributed by atoms with Crippen LogP contribution in [0.1, 0.15) is 28.5 Å². The Labute approximate surface area is 95.3 Å². The van der Waals surface area contributed by atoms with Crippen LogP contribution in [0.3, 0.4) is 0 Å². The van der Waals surface area contributed by atoms with Crippen LogP contribution in [0.5, 0.6) is 0 Å². The van der Waals surface area contributed by atoms with Gasteiger partial charge in [0.15, 0.2) is 0 Å². The second-order valence-electron chi connectivity index (χ2n) is 4.36. The molecule has 1 aliphatic rings. The lowest BCUT2D eigenvalue weighted by Gasteiger charge is -2.23. The average molecular weight is 213 g/mol. The van der Waals surface area contributed by atoms with Crippen LogP contribution in [0, 0.1) is 6.92 Å². The minimum absolute atomic E-state index is 0.221. The lowest BCUT2D eigenvalue weighted by atomic mass is 9.96. The summed E-state index contributed by atoms with van der Waals surface area (Å²) in [7, 11) is 0. The predicted octanol–water partition coefficient (Wildman–Crippen LogP) is 2.82. The molecule has 1 aliphatic heterocycles. The van der Waals surface area contributed by atoms with E-state index in [1.165, 1.54) is 16.7 Å². The predicted molar refractivity (Wildman–Crippen MR) is 63.4 cm³/mol. The molecule has 0 saturated heterocycles. The smallest absolute Gasteiger partial charge is 0.128 e. The highest BCUT2D eigenvalue weighted by molar-refractivity contribution is 5.35. The molecular weight excluding hydrogens is 198 g/mol. The first kappa shape index (κ1) is 9.67. The molecule has 0 bridgehead atoms. The first-order valence-corrected chi connectivity index (χ1v) is 5.71. The van der Waals surface area contributed by atoms with E-state index in [0.29, 0.717) is 0 Å². The van der Waals surface area contributed by atoms with E-state index in [9.17, 15) is 0 Å². The SMILES string of the molecule is Cc1cccc(C2NCCc3ccoc32)c1. The minimum Gasteiger partial charge on any atom is -0.467 e. The number of rotatable bonds is 1. The van der Waals surface area contributed by atoms with Gasteiger partial charge >= 0.3 is 0 Å². The maximum absolute atomic E-state index is 5.60. The molecule has 2 nitrogen and oxygen atoms in total. The molecule has 0 spiro atoms. The van der Waals surface area contributed by atoms with Crippen LogP contribution < -0.4 is 5.32 Å². The quantitative estimate of drug-likeness (QED) is 0.788. The van der Waals surface area contributed by atoms with Crippen molar-refractivity contribution < 1.29 is 4.42 Å². The van der Waals surface area contributed by atoms with Crippen LogP contribution in [-0.4, -0.2) is 6.54 Å². The molecule has 82 valence electrons. The van der Waals surface area contributed by atoms with Gasteiger partial charge in [-0.3, -0.25) is 0 Å². The third-order valence-corrected chi connectivity index (χ3v) is 3.16. The van der Waals surface area contributed by atoms with Gasteiger partial charge in [0.1, 0.15) is 5.76 Å². The van der Waals surface area contributed by atoms with Crippen LogP contribution in [0.2, 0.25) is 0 Å². The number of hydrogen-bond donors (Lipinski definition) is 1. The highest BCUT2D eigenvalue weighted by atomic mass is 16.3. The fourth-order valence-electron chi connectivity index (χ4n) is 2.37. The Morgan fingerprint density at radius 1 is 1.31 bits per heavy atom. The van der Waals surface area contributed by atoms with E-state index in [1.807, 2.05) is 0 Å². The van der Waals surface area contributed by atoms with E-state index < -0.39 is 0 Å². The Balaban J connectivity index is 2.04. The van der Waals surface area contributed by atoms with Crippen LogP contribution in [0.25, 0.3) is 0 Å². The monoisotopic (exact) mass is 213 g/mol. The molecule has 0 fully saturated rings. The van der Waals surface area contributed by atoms with Crippen molar-refractivity contribution in [2.24, 2.45) is 0 Å². The van der Waals surface area contributed by atoms with E-state index in [0.717, 1.165) is 18.7 Å². The van der Waals surface area contributed by atoms with Gasteiger partial charge in [-0.05, 0) is 30.5 Å². The van der Waals surface area contributed by atoms with Gasteiger partial charge in [0, 0.05) is 6.54 Å². The normalized spacial score (nSPS) is 19.4. The maximum Gasteiger partial charge on any atom is 0.128 e. The van der Waals surface area contributed by atoms with Gasteiger partial charge in [0.25, 0.3) is 0 Å². The lowest BCUT2D eigenvalue weighted by molar-refractivity contribution is 0.425. The minimum atomic E-state index is 0.221. The molecule has 1 N–H and O–H groups in total. The Bertz CT molecular complexity index is 501. The summed E-state index contributed by atoms with van der Waals surface area (Å²) in [6.45, 7) is 3.14. The van der Waals surface area contributed by atoms with Crippen molar-refractivity contribution in [3.8, 4) is 0 Å². The Morgan fingerprint density at radius 2 is 2.25 bits per heavy atom. The molecule has 0 amide bonds. The molecular formula is C14H15NO. The Kier molecular flexibility index (Phi) is 2.29. The highest BCUT2D eigenvalue weighted by Gasteiger charge is 2.23. The van der Waals surface area contributed by atoms with Gasteiger partial charge in [-0.2, -0.15) is 0 Å². The van der Waals surface area contributed by atoms with E-state index >= 15 is 0 Å². The molecule has 1 atom stereocenters. The highest BCUT2D eigenvalue weighted by Crippen LogP contribution is 2.29. The molecule has 2 heterocycles. The molecule has 2 aromatic rings.